The van der Waals surface area contributed by atoms with Crippen LogP contribution in [-0.4, -0.2) is 23.2 Å². The highest BCUT2D eigenvalue weighted by molar-refractivity contribution is 7.92. The Morgan fingerprint density at radius 1 is 1.00 bits per heavy atom. The van der Waals surface area contributed by atoms with Crippen LogP contribution in [0.4, 0.5) is 5.82 Å². The minimum atomic E-state index is -3.73. The Bertz CT molecular complexity index is 1260. The predicted molar refractivity (Wildman–Crippen MR) is 107 cm³/mol. The summed E-state index contributed by atoms with van der Waals surface area (Å²) in [5.74, 6) is 0.294. The summed E-state index contributed by atoms with van der Waals surface area (Å²) in [5, 5.41) is 6.07. The predicted octanol–water partition coefficient (Wildman–Crippen LogP) is 4.02. The van der Waals surface area contributed by atoms with Crippen molar-refractivity contribution in [3.05, 3.63) is 59.7 Å². The summed E-state index contributed by atoms with van der Waals surface area (Å²) >= 11 is 0. The van der Waals surface area contributed by atoms with E-state index >= 15 is 0 Å². The molecular formula is C20H20N4O2S. The maximum Gasteiger partial charge on any atom is 0.263 e. The number of anilines is 1. The third kappa shape index (κ3) is 3.14. The van der Waals surface area contributed by atoms with E-state index in [1.165, 1.54) is 0 Å². The van der Waals surface area contributed by atoms with Gasteiger partial charge in [-0.1, -0.05) is 29.8 Å². The first-order valence-corrected chi connectivity index (χ1v) is 10.2. The molecule has 4 aromatic rings. The molecule has 2 aromatic heterocycles. The maximum atomic E-state index is 12.8. The van der Waals surface area contributed by atoms with Crippen molar-refractivity contribution in [2.24, 2.45) is 0 Å². The van der Waals surface area contributed by atoms with E-state index in [0.717, 1.165) is 22.0 Å². The molecule has 0 unspecified atom stereocenters. The lowest BCUT2D eigenvalue weighted by Gasteiger charge is -2.06. The van der Waals surface area contributed by atoms with Crippen LogP contribution in [0.15, 0.2) is 53.4 Å². The number of sulfonamides is 1. The van der Waals surface area contributed by atoms with Crippen LogP contribution < -0.4 is 4.72 Å². The van der Waals surface area contributed by atoms with Crippen LogP contribution in [0.1, 0.15) is 18.1 Å². The van der Waals surface area contributed by atoms with E-state index in [1.807, 2.05) is 45.0 Å². The van der Waals surface area contributed by atoms with Crippen LogP contribution in [-0.2, 0) is 16.6 Å². The third-order valence-electron chi connectivity index (χ3n) is 4.54. The number of aromatic nitrogens is 3. The molecule has 0 spiro atoms. The van der Waals surface area contributed by atoms with Crippen molar-refractivity contribution in [3.8, 4) is 0 Å². The molecule has 4 rings (SSSR count). The first-order chi connectivity index (χ1) is 12.9. The molecule has 1 N–H and O–H groups in total. The van der Waals surface area contributed by atoms with Gasteiger partial charge in [-0.2, -0.15) is 5.10 Å². The molecule has 0 saturated heterocycles. The first-order valence-electron chi connectivity index (χ1n) is 8.75. The van der Waals surface area contributed by atoms with Gasteiger partial charge >= 0.3 is 0 Å². The molecule has 0 saturated carbocycles. The minimum Gasteiger partial charge on any atom is -0.261 e. The molecular weight excluding hydrogens is 360 g/mol. The fraction of sp³-hybridized carbons (Fsp3) is 0.200. The monoisotopic (exact) mass is 380 g/mol. The number of hydrogen-bond acceptors (Lipinski definition) is 4. The van der Waals surface area contributed by atoms with E-state index in [4.69, 9.17) is 4.98 Å². The lowest BCUT2D eigenvalue weighted by molar-refractivity contribution is 0.600. The Morgan fingerprint density at radius 2 is 1.70 bits per heavy atom. The normalized spacial score (nSPS) is 12.0. The van der Waals surface area contributed by atoms with Crippen LogP contribution in [0.2, 0.25) is 0 Å². The van der Waals surface area contributed by atoms with Crippen LogP contribution in [0.3, 0.4) is 0 Å². The van der Waals surface area contributed by atoms with E-state index in [-0.39, 0.29) is 4.90 Å². The van der Waals surface area contributed by atoms with E-state index in [0.29, 0.717) is 23.4 Å². The molecule has 6 nitrogen and oxygen atoms in total. The molecule has 0 aliphatic heterocycles. The molecule has 0 aliphatic rings. The molecule has 0 aliphatic carbocycles. The van der Waals surface area contributed by atoms with Crippen molar-refractivity contribution in [3.63, 3.8) is 0 Å². The van der Waals surface area contributed by atoms with Crippen molar-refractivity contribution in [2.75, 3.05) is 4.72 Å². The number of hydrogen-bond donors (Lipinski definition) is 1. The fourth-order valence-electron chi connectivity index (χ4n) is 3.06. The lowest BCUT2D eigenvalue weighted by Crippen LogP contribution is -2.13. The lowest BCUT2D eigenvalue weighted by atomic mass is 10.1. The topological polar surface area (TPSA) is 76.9 Å². The molecule has 0 fully saturated rings. The van der Waals surface area contributed by atoms with Gasteiger partial charge in [-0.3, -0.25) is 4.72 Å². The van der Waals surface area contributed by atoms with Crippen molar-refractivity contribution in [1.82, 2.24) is 14.8 Å². The summed E-state index contributed by atoms with van der Waals surface area (Å²) < 4.78 is 29.9. The van der Waals surface area contributed by atoms with Gasteiger partial charge in [0.15, 0.2) is 11.5 Å². The molecule has 2 aromatic carbocycles. The molecule has 0 bridgehead atoms. The zero-order valence-corrected chi connectivity index (χ0v) is 16.2. The van der Waals surface area contributed by atoms with E-state index in [9.17, 15) is 8.42 Å². The van der Waals surface area contributed by atoms with Gasteiger partial charge in [0.25, 0.3) is 10.0 Å². The van der Waals surface area contributed by atoms with E-state index in [2.05, 4.69) is 9.82 Å². The van der Waals surface area contributed by atoms with Gasteiger partial charge in [-0.05, 0) is 50.6 Å². The van der Waals surface area contributed by atoms with E-state index in [1.54, 1.807) is 28.9 Å². The number of nitrogens with zero attached hydrogens (tertiary/aromatic N) is 3. The van der Waals surface area contributed by atoms with Crippen molar-refractivity contribution in [2.45, 2.75) is 32.2 Å². The van der Waals surface area contributed by atoms with Gasteiger partial charge in [0.1, 0.15) is 0 Å². The summed E-state index contributed by atoms with van der Waals surface area (Å²) in [6.07, 6.45) is 0. The second kappa shape index (κ2) is 6.35. The number of pyridine rings is 1. The van der Waals surface area contributed by atoms with E-state index < -0.39 is 10.0 Å². The molecule has 138 valence electrons. The van der Waals surface area contributed by atoms with Gasteiger partial charge in [-0.15, -0.1) is 0 Å². The fourth-order valence-corrected chi connectivity index (χ4v) is 4.08. The summed E-state index contributed by atoms with van der Waals surface area (Å²) in [5.41, 5.74) is 3.65. The average Bonchev–Trinajstić information content (AvgIpc) is 2.96. The Morgan fingerprint density at radius 3 is 2.41 bits per heavy atom. The third-order valence-corrected chi connectivity index (χ3v) is 5.89. The van der Waals surface area contributed by atoms with Crippen molar-refractivity contribution >= 4 is 37.8 Å². The van der Waals surface area contributed by atoms with Crippen LogP contribution in [0.25, 0.3) is 21.9 Å². The summed E-state index contributed by atoms with van der Waals surface area (Å²) in [6, 6.07) is 14.7. The zero-order valence-electron chi connectivity index (χ0n) is 15.4. The second-order valence-electron chi connectivity index (χ2n) is 6.64. The highest BCUT2D eigenvalue weighted by Gasteiger charge is 2.20. The molecule has 2 heterocycles. The number of aryl methyl sites for hydroxylation is 3. The number of benzene rings is 2. The van der Waals surface area contributed by atoms with Gasteiger partial charge in [0.05, 0.1) is 15.8 Å². The van der Waals surface area contributed by atoms with Crippen molar-refractivity contribution < 1.29 is 8.42 Å². The van der Waals surface area contributed by atoms with Gasteiger partial charge in [0.2, 0.25) is 0 Å². The van der Waals surface area contributed by atoms with Crippen LogP contribution in [0.5, 0.6) is 0 Å². The molecule has 27 heavy (non-hydrogen) atoms. The molecule has 0 atom stereocenters. The maximum absolute atomic E-state index is 12.8. The second-order valence-corrected chi connectivity index (χ2v) is 8.32. The number of fused-ring (bicyclic) bond motifs is 2. The van der Waals surface area contributed by atoms with Gasteiger partial charge < -0.3 is 0 Å². The molecule has 0 radical (unpaired) electrons. The zero-order chi connectivity index (χ0) is 19.2. The Balaban J connectivity index is 1.86. The summed E-state index contributed by atoms with van der Waals surface area (Å²) in [6.45, 7) is 6.47. The SMILES string of the molecule is CCn1nc(NS(=O)(=O)c2ccc(C)cc2)c2cc3ccc(C)cc3nc21. The van der Waals surface area contributed by atoms with Crippen LogP contribution in [0, 0.1) is 13.8 Å². The molecule has 0 amide bonds. The highest BCUT2D eigenvalue weighted by Crippen LogP contribution is 2.28. The Labute approximate surface area is 157 Å². The Hall–Kier alpha value is -2.93. The summed E-state index contributed by atoms with van der Waals surface area (Å²) in [7, 11) is -3.73. The Kier molecular flexibility index (Phi) is 4.11. The van der Waals surface area contributed by atoms with Crippen LogP contribution >= 0.6 is 0 Å². The van der Waals surface area contributed by atoms with Gasteiger partial charge in [0, 0.05) is 11.9 Å². The smallest absolute Gasteiger partial charge is 0.261 e. The highest BCUT2D eigenvalue weighted by atomic mass is 32.2. The quantitative estimate of drug-likeness (QED) is 0.580. The first kappa shape index (κ1) is 17.5. The number of nitrogens with one attached hydrogen (secondary N) is 1. The summed E-state index contributed by atoms with van der Waals surface area (Å²) in [4.78, 5) is 4.92. The molecule has 7 heteroatoms. The minimum absolute atomic E-state index is 0.205. The largest absolute Gasteiger partial charge is 0.263 e. The number of rotatable bonds is 4. The van der Waals surface area contributed by atoms with Crippen molar-refractivity contribution in [1.29, 1.82) is 0 Å². The standard InChI is InChI=1S/C20H20N4O2S/c1-4-24-20-17(12-15-8-5-14(3)11-18(15)21-20)19(22-24)23-27(25,26)16-9-6-13(2)7-10-16/h5-12H,4H2,1-3H3,(H,22,23). The van der Waals surface area contributed by atoms with Gasteiger partial charge in [-0.25, -0.2) is 18.1 Å². The average molecular weight is 380 g/mol.